The molecule has 1 atom stereocenters. The summed E-state index contributed by atoms with van der Waals surface area (Å²) in [6, 6.07) is 3.70. The first kappa shape index (κ1) is 28.0. The molecule has 1 aliphatic rings. The molecule has 0 radical (unpaired) electrons. The van der Waals surface area contributed by atoms with E-state index in [0.29, 0.717) is 30.2 Å². The molecule has 0 aromatic carbocycles. The Morgan fingerprint density at radius 3 is 2.68 bits per heavy atom. The highest BCUT2D eigenvalue weighted by Crippen LogP contribution is 2.23. The van der Waals surface area contributed by atoms with E-state index >= 15 is 0 Å². The van der Waals surface area contributed by atoms with Gasteiger partial charge in [-0.25, -0.2) is 14.6 Å². The van der Waals surface area contributed by atoms with Gasteiger partial charge in [0.1, 0.15) is 11.2 Å². The van der Waals surface area contributed by atoms with E-state index < -0.39 is 22.9 Å². The molecule has 1 amide bonds. The number of carbonyl (C=O) groups excluding carboxylic acids is 1. The summed E-state index contributed by atoms with van der Waals surface area (Å²) in [4.78, 5) is 51.2. The van der Waals surface area contributed by atoms with Crippen LogP contribution in [0.2, 0.25) is 0 Å². The van der Waals surface area contributed by atoms with Gasteiger partial charge in [-0.2, -0.15) is 4.98 Å². The van der Waals surface area contributed by atoms with E-state index in [9.17, 15) is 14.4 Å². The van der Waals surface area contributed by atoms with E-state index in [4.69, 9.17) is 9.72 Å². The van der Waals surface area contributed by atoms with Crippen LogP contribution in [0.3, 0.4) is 0 Å². The Labute approximate surface area is 237 Å². The molecule has 41 heavy (non-hydrogen) atoms. The van der Waals surface area contributed by atoms with E-state index in [1.54, 1.807) is 18.5 Å². The minimum Gasteiger partial charge on any atom is -0.444 e. The fourth-order valence-corrected chi connectivity index (χ4v) is 5.19. The average Bonchev–Trinajstić information content (AvgIpc) is 3.48. The lowest BCUT2D eigenvalue weighted by atomic mass is 10.1. The lowest BCUT2D eigenvalue weighted by molar-refractivity contribution is 0.0499. The first-order valence-corrected chi connectivity index (χ1v) is 13.7. The van der Waals surface area contributed by atoms with Crippen LogP contribution >= 0.6 is 0 Å². The van der Waals surface area contributed by atoms with Crippen LogP contribution < -0.4 is 21.5 Å². The topological polar surface area (TPSA) is 121 Å². The van der Waals surface area contributed by atoms with Gasteiger partial charge in [0, 0.05) is 38.6 Å². The molecule has 1 N–H and O–H groups in total. The zero-order chi connectivity index (χ0) is 29.5. The average molecular weight is 561 g/mol. The molecule has 1 aliphatic heterocycles. The van der Waals surface area contributed by atoms with Gasteiger partial charge in [0.15, 0.2) is 11.2 Å². The molecule has 4 aromatic rings. The number of rotatable bonds is 5. The van der Waals surface area contributed by atoms with Gasteiger partial charge in [-0.3, -0.25) is 18.5 Å². The fraction of sp³-hybridized carbons (Fsp3) is 0.483. The largest absolute Gasteiger partial charge is 0.444 e. The molecule has 5 rings (SSSR count). The number of anilines is 1. The van der Waals surface area contributed by atoms with E-state index in [1.165, 1.54) is 9.13 Å². The van der Waals surface area contributed by atoms with E-state index in [-0.39, 0.29) is 24.8 Å². The smallest absolute Gasteiger partial charge is 0.407 e. The standard InChI is InChI=1S/C29H36N8O4/c1-7-8-14-36-23-24(32-26(36)34-13-9-10-20(16-34)31-27(39)41-29(3,4)5)33(6)28(40)37(25(23)38)18-21-17-35-15-19(2)11-12-22(35)30-21/h11-12,15,17,20H,9-10,13-14,16,18H2,1-6H3,(H,31,39). The Bertz CT molecular complexity index is 1810. The maximum absolute atomic E-state index is 13.9. The highest BCUT2D eigenvalue weighted by atomic mass is 16.6. The quantitative estimate of drug-likeness (QED) is 0.372. The predicted molar refractivity (Wildman–Crippen MR) is 156 cm³/mol. The summed E-state index contributed by atoms with van der Waals surface area (Å²) in [6.07, 6.45) is 4.90. The molecule has 1 saturated heterocycles. The maximum atomic E-state index is 13.9. The molecule has 1 fully saturated rings. The first-order chi connectivity index (χ1) is 19.4. The van der Waals surface area contributed by atoms with Crippen LogP contribution in [0.25, 0.3) is 16.8 Å². The van der Waals surface area contributed by atoms with Crippen molar-refractivity contribution in [1.29, 1.82) is 0 Å². The molecule has 0 saturated carbocycles. The molecule has 0 spiro atoms. The van der Waals surface area contributed by atoms with Crippen LogP contribution in [-0.2, 0) is 24.9 Å². The van der Waals surface area contributed by atoms with Crippen molar-refractivity contribution < 1.29 is 9.53 Å². The summed E-state index contributed by atoms with van der Waals surface area (Å²) in [5, 5.41) is 2.96. The van der Waals surface area contributed by atoms with E-state index in [2.05, 4.69) is 22.1 Å². The van der Waals surface area contributed by atoms with Gasteiger partial charge >= 0.3 is 11.8 Å². The van der Waals surface area contributed by atoms with Gasteiger partial charge in [0.05, 0.1) is 18.8 Å². The Morgan fingerprint density at radius 2 is 1.95 bits per heavy atom. The van der Waals surface area contributed by atoms with Gasteiger partial charge in [-0.1, -0.05) is 12.0 Å². The SMILES string of the molecule is CC#CCn1c(N2CCCC(NC(=O)OC(C)(C)C)C2)nc2c1c(=O)n(Cc1cn3cc(C)ccc3n1)c(=O)n2C. The number of alkyl carbamates (subject to hydrolysis) is 1. The van der Waals surface area contributed by atoms with Crippen LogP contribution in [0, 0.1) is 18.8 Å². The molecule has 4 aromatic heterocycles. The Morgan fingerprint density at radius 1 is 1.17 bits per heavy atom. The number of hydrogen-bond acceptors (Lipinski definition) is 7. The number of pyridine rings is 1. The van der Waals surface area contributed by atoms with Crippen molar-refractivity contribution in [2.45, 2.75) is 72.2 Å². The van der Waals surface area contributed by atoms with Crippen LogP contribution in [0.5, 0.6) is 0 Å². The number of hydrogen-bond donors (Lipinski definition) is 1. The maximum Gasteiger partial charge on any atom is 0.407 e. The van der Waals surface area contributed by atoms with Gasteiger partial charge in [-0.05, 0) is 59.1 Å². The molecular formula is C29H36N8O4. The van der Waals surface area contributed by atoms with Crippen LogP contribution in [0.15, 0.2) is 34.1 Å². The third-order valence-corrected chi connectivity index (χ3v) is 7.02. The molecule has 1 unspecified atom stereocenters. The number of aromatic nitrogens is 6. The minimum atomic E-state index is -0.599. The van der Waals surface area contributed by atoms with Crippen molar-refractivity contribution in [3.63, 3.8) is 0 Å². The summed E-state index contributed by atoms with van der Waals surface area (Å²) >= 11 is 0. The van der Waals surface area contributed by atoms with Gasteiger partial charge in [0.2, 0.25) is 5.95 Å². The Kier molecular flexibility index (Phi) is 7.38. The highest BCUT2D eigenvalue weighted by Gasteiger charge is 2.29. The second kappa shape index (κ2) is 10.8. The van der Waals surface area contributed by atoms with Crippen molar-refractivity contribution in [2.75, 3.05) is 18.0 Å². The molecule has 5 heterocycles. The summed E-state index contributed by atoms with van der Waals surface area (Å²) in [6.45, 7) is 10.6. The van der Waals surface area contributed by atoms with E-state index in [0.717, 1.165) is 24.1 Å². The van der Waals surface area contributed by atoms with E-state index in [1.807, 2.05) is 61.5 Å². The summed E-state index contributed by atoms with van der Waals surface area (Å²) < 4.78 is 11.7. The molecule has 216 valence electrons. The number of carbonyl (C=O) groups is 1. The zero-order valence-corrected chi connectivity index (χ0v) is 24.4. The molecule has 0 aliphatic carbocycles. The summed E-state index contributed by atoms with van der Waals surface area (Å²) in [5.74, 6) is 6.48. The Balaban J connectivity index is 1.54. The van der Waals surface area contributed by atoms with Crippen molar-refractivity contribution in [2.24, 2.45) is 7.05 Å². The predicted octanol–water partition coefficient (Wildman–Crippen LogP) is 2.42. The first-order valence-electron chi connectivity index (χ1n) is 13.7. The van der Waals surface area contributed by atoms with Crippen LogP contribution in [-0.4, -0.2) is 58.9 Å². The van der Waals surface area contributed by atoms with Crippen molar-refractivity contribution in [1.82, 2.24) is 33.4 Å². The van der Waals surface area contributed by atoms with Gasteiger partial charge < -0.3 is 19.4 Å². The lowest BCUT2D eigenvalue weighted by Crippen LogP contribution is -2.49. The zero-order valence-electron chi connectivity index (χ0n) is 24.4. The van der Waals surface area contributed by atoms with Crippen molar-refractivity contribution in [3.8, 4) is 11.8 Å². The molecule has 12 nitrogen and oxygen atoms in total. The molecule has 12 heteroatoms. The Hall–Kier alpha value is -4.53. The van der Waals surface area contributed by atoms with Crippen LogP contribution in [0.1, 0.15) is 51.8 Å². The second-order valence-corrected chi connectivity index (χ2v) is 11.5. The molecular weight excluding hydrogens is 524 g/mol. The lowest BCUT2D eigenvalue weighted by Gasteiger charge is -2.34. The second-order valence-electron chi connectivity index (χ2n) is 11.5. The van der Waals surface area contributed by atoms with Gasteiger partial charge in [-0.15, -0.1) is 5.92 Å². The van der Waals surface area contributed by atoms with Gasteiger partial charge in [0.25, 0.3) is 5.56 Å². The fourth-order valence-electron chi connectivity index (χ4n) is 5.19. The third kappa shape index (κ3) is 5.70. The number of piperidine rings is 1. The van der Waals surface area contributed by atoms with Crippen molar-refractivity contribution >= 4 is 28.9 Å². The summed E-state index contributed by atoms with van der Waals surface area (Å²) in [5.41, 5.74) is 1.47. The number of imidazole rings is 2. The number of nitrogens with one attached hydrogen (secondary N) is 1. The van der Waals surface area contributed by atoms with Crippen molar-refractivity contribution in [3.05, 3.63) is 56.6 Å². The third-order valence-electron chi connectivity index (χ3n) is 7.02. The number of amides is 1. The number of aryl methyl sites for hydroxylation is 2. The number of ether oxygens (including phenoxy) is 1. The normalized spacial score (nSPS) is 15.7. The highest BCUT2D eigenvalue weighted by molar-refractivity contribution is 5.75. The minimum absolute atomic E-state index is 0.0216. The summed E-state index contributed by atoms with van der Waals surface area (Å²) in [7, 11) is 1.61. The molecule has 0 bridgehead atoms. The number of nitrogens with zero attached hydrogens (tertiary/aromatic N) is 7. The van der Waals surface area contributed by atoms with Crippen LogP contribution in [0.4, 0.5) is 10.7 Å². The number of fused-ring (bicyclic) bond motifs is 2. The monoisotopic (exact) mass is 560 g/mol.